The van der Waals surface area contributed by atoms with Crippen LogP contribution in [0.4, 0.5) is 0 Å². The van der Waals surface area contributed by atoms with Crippen molar-refractivity contribution in [3.63, 3.8) is 0 Å². The molecule has 31 heavy (non-hydrogen) atoms. The SMILES string of the molecule is Cc1cccc(CN2CCN(C(=O)c3ccn(COc4c(Cl)cccc4Cl)n3)CC2)c1. The number of aromatic nitrogens is 2. The number of hydrogen-bond acceptors (Lipinski definition) is 4. The lowest BCUT2D eigenvalue weighted by molar-refractivity contribution is 0.0621. The highest BCUT2D eigenvalue weighted by Gasteiger charge is 2.23. The van der Waals surface area contributed by atoms with E-state index in [4.69, 9.17) is 27.9 Å². The summed E-state index contributed by atoms with van der Waals surface area (Å²) in [5.74, 6) is 0.337. The number of aryl methyl sites for hydroxylation is 1. The number of ether oxygens (including phenoxy) is 1. The van der Waals surface area contributed by atoms with Crippen LogP contribution < -0.4 is 4.74 Å². The van der Waals surface area contributed by atoms with Crippen LogP contribution in [-0.2, 0) is 13.3 Å². The van der Waals surface area contributed by atoms with Crippen LogP contribution in [-0.4, -0.2) is 51.7 Å². The van der Waals surface area contributed by atoms with Crippen molar-refractivity contribution in [2.45, 2.75) is 20.2 Å². The molecule has 0 unspecified atom stereocenters. The van der Waals surface area contributed by atoms with E-state index >= 15 is 0 Å². The Morgan fingerprint density at radius 2 is 1.74 bits per heavy atom. The Kier molecular flexibility index (Phi) is 6.80. The van der Waals surface area contributed by atoms with Crippen molar-refractivity contribution in [2.75, 3.05) is 26.2 Å². The summed E-state index contributed by atoms with van der Waals surface area (Å²) in [6.45, 7) is 6.17. The number of benzene rings is 2. The van der Waals surface area contributed by atoms with Gasteiger partial charge in [0.2, 0.25) is 0 Å². The molecule has 1 aromatic heterocycles. The van der Waals surface area contributed by atoms with Crippen molar-refractivity contribution >= 4 is 29.1 Å². The largest absolute Gasteiger partial charge is 0.468 e. The zero-order valence-corrected chi connectivity index (χ0v) is 18.8. The summed E-state index contributed by atoms with van der Waals surface area (Å²) in [4.78, 5) is 17.1. The van der Waals surface area contributed by atoms with Crippen LogP contribution in [0, 0.1) is 6.92 Å². The number of carbonyl (C=O) groups is 1. The molecule has 1 aliphatic heterocycles. The van der Waals surface area contributed by atoms with Gasteiger partial charge < -0.3 is 9.64 Å². The normalized spacial score (nSPS) is 14.6. The van der Waals surface area contributed by atoms with Gasteiger partial charge in [-0.1, -0.05) is 59.1 Å². The molecule has 6 nitrogen and oxygen atoms in total. The smallest absolute Gasteiger partial charge is 0.274 e. The number of piperazine rings is 1. The lowest BCUT2D eigenvalue weighted by atomic mass is 10.1. The number of carbonyl (C=O) groups excluding carboxylic acids is 1. The predicted octanol–water partition coefficient (Wildman–Crippen LogP) is 4.49. The van der Waals surface area contributed by atoms with Gasteiger partial charge in [-0.15, -0.1) is 0 Å². The fourth-order valence-corrected chi connectivity index (χ4v) is 4.15. The number of nitrogens with zero attached hydrogens (tertiary/aromatic N) is 4. The minimum atomic E-state index is -0.0651. The monoisotopic (exact) mass is 458 g/mol. The number of halogens is 2. The van der Waals surface area contributed by atoms with E-state index in [0.29, 0.717) is 34.6 Å². The van der Waals surface area contributed by atoms with E-state index in [1.54, 1.807) is 35.1 Å². The minimum absolute atomic E-state index is 0.0651. The molecule has 0 aliphatic carbocycles. The van der Waals surface area contributed by atoms with Gasteiger partial charge in [0.15, 0.2) is 18.2 Å². The van der Waals surface area contributed by atoms with E-state index in [1.807, 2.05) is 4.90 Å². The topological polar surface area (TPSA) is 50.6 Å². The van der Waals surface area contributed by atoms with Gasteiger partial charge in [-0.3, -0.25) is 9.69 Å². The number of para-hydroxylation sites is 1. The first kappa shape index (κ1) is 21.7. The average molecular weight is 459 g/mol. The summed E-state index contributed by atoms with van der Waals surface area (Å²) in [7, 11) is 0. The first-order valence-electron chi connectivity index (χ1n) is 10.2. The molecule has 0 bridgehead atoms. The Bertz CT molecular complexity index is 1040. The Balaban J connectivity index is 1.30. The maximum absolute atomic E-state index is 12.9. The van der Waals surface area contributed by atoms with Crippen LogP contribution in [0.3, 0.4) is 0 Å². The van der Waals surface area contributed by atoms with Gasteiger partial charge in [0.05, 0.1) is 10.0 Å². The summed E-state index contributed by atoms with van der Waals surface area (Å²) >= 11 is 12.2. The molecular formula is C23H24Cl2N4O2. The highest BCUT2D eigenvalue weighted by atomic mass is 35.5. The fraction of sp³-hybridized carbons (Fsp3) is 0.304. The second-order valence-electron chi connectivity index (χ2n) is 7.62. The number of hydrogen-bond donors (Lipinski definition) is 0. The summed E-state index contributed by atoms with van der Waals surface area (Å²) in [6, 6.07) is 15.4. The van der Waals surface area contributed by atoms with Crippen LogP contribution in [0.2, 0.25) is 10.0 Å². The quantitative estimate of drug-likeness (QED) is 0.545. The van der Waals surface area contributed by atoms with Crippen molar-refractivity contribution in [1.29, 1.82) is 0 Å². The van der Waals surface area contributed by atoms with Gasteiger partial charge in [-0.25, -0.2) is 4.68 Å². The molecular weight excluding hydrogens is 435 g/mol. The summed E-state index contributed by atoms with van der Waals surface area (Å²) in [6.07, 6.45) is 1.71. The van der Waals surface area contributed by atoms with Crippen molar-refractivity contribution < 1.29 is 9.53 Å². The summed E-state index contributed by atoms with van der Waals surface area (Å²) in [5.41, 5.74) is 2.97. The van der Waals surface area contributed by atoms with Gasteiger partial charge in [-0.05, 0) is 30.7 Å². The Morgan fingerprint density at radius 1 is 1.03 bits per heavy atom. The molecule has 1 aliphatic rings. The Hall–Kier alpha value is -2.54. The van der Waals surface area contributed by atoms with Gasteiger partial charge in [0.1, 0.15) is 0 Å². The molecule has 0 N–H and O–H groups in total. The van der Waals surface area contributed by atoms with Crippen LogP contribution in [0.5, 0.6) is 5.75 Å². The molecule has 0 radical (unpaired) electrons. The maximum atomic E-state index is 12.9. The lowest BCUT2D eigenvalue weighted by Crippen LogP contribution is -2.48. The molecule has 0 spiro atoms. The lowest BCUT2D eigenvalue weighted by Gasteiger charge is -2.34. The minimum Gasteiger partial charge on any atom is -0.468 e. The first-order chi connectivity index (χ1) is 15.0. The molecule has 162 valence electrons. The third-order valence-electron chi connectivity index (χ3n) is 5.27. The predicted molar refractivity (Wildman–Crippen MR) is 122 cm³/mol. The van der Waals surface area contributed by atoms with E-state index < -0.39 is 0 Å². The molecule has 0 saturated carbocycles. The van der Waals surface area contributed by atoms with Crippen LogP contribution in [0.15, 0.2) is 54.7 Å². The molecule has 3 aromatic rings. The molecule has 1 saturated heterocycles. The van der Waals surface area contributed by atoms with Crippen molar-refractivity contribution in [3.05, 3.63) is 81.6 Å². The van der Waals surface area contributed by atoms with Crippen molar-refractivity contribution in [1.82, 2.24) is 19.6 Å². The third kappa shape index (κ3) is 5.39. The van der Waals surface area contributed by atoms with Gasteiger partial charge >= 0.3 is 0 Å². The molecule has 4 rings (SSSR count). The van der Waals surface area contributed by atoms with E-state index in [-0.39, 0.29) is 12.6 Å². The van der Waals surface area contributed by atoms with Crippen LogP contribution in [0.1, 0.15) is 21.6 Å². The second kappa shape index (κ2) is 9.73. The zero-order valence-electron chi connectivity index (χ0n) is 17.3. The fourth-order valence-electron chi connectivity index (χ4n) is 3.64. The number of amides is 1. The van der Waals surface area contributed by atoms with Crippen molar-refractivity contribution in [2.24, 2.45) is 0 Å². The average Bonchev–Trinajstić information content (AvgIpc) is 3.22. The standard InChI is InChI=1S/C23H24Cl2N4O2/c1-17-4-2-5-18(14-17)15-27-10-12-28(13-11-27)23(30)21-8-9-29(26-21)16-31-22-19(24)6-3-7-20(22)25/h2-9,14H,10-13,15-16H2,1H3. The zero-order chi connectivity index (χ0) is 21.8. The summed E-state index contributed by atoms with van der Waals surface area (Å²) < 4.78 is 7.23. The molecule has 1 amide bonds. The van der Waals surface area contributed by atoms with Gasteiger partial charge in [0, 0.05) is 38.9 Å². The molecule has 1 fully saturated rings. The number of rotatable bonds is 6. The Morgan fingerprint density at radius 3 is 2.45 bits per heavy atom. The van der Waals surface area contributed by atoms with Crippen LogP contribution >= 0.6 is 23.2 Å². The van der Waals surface area contributed by atoms with Crippen molar-refractivity contribution in [3.8, 4) is 5.75 Å². The van der Waals surface area contributed by atoms with Gasteiger partial charge in [0.25, 0.3) is 5.91 Å². The van der Waals surface area contributed by atoms with E-state index in [2.05, 4.69) is 41.2 Å². The first-order valence-corrected chi connectivity index (χ1v) is 10.9. The maximum Gasteiger partial charge on any atom is 0.274 e. The van der Waals surface area contributed by atoms with E-state index in [1.165, 1.54) is 11.1 Å². The Labute approximate surface area is 191 Å². The van der Waals surface area contributed by atoms with Gasteiger partial charge in [-0.2, -0.15) is 5.10 Å². The highest BCUT2D eigenvalue weighted by Crippen LogP contribution is 2.32. The third-order valence-corrected chi connectivity index (χ3v) is 5.86. The van der Waals surface area contributed by atoms with E-state index in [9.17, 15) is 4.79 Å². The molecule has 2 heterocycles. The van der Waals surface area contributed by atoms with Crippen LogP contribution in [0.25, 0.3) is 0 Å². The second-order valence-corrected chi connectivity index (χ2v) is 8.44. The molecule has 0 atom stereocenters. The molecule has 2 aromatic carbocycles. The highest BCUT2D eigenvalue weighted by molar-refractivity contribution is 6.37. The summed E-state index contributed by atoms with van der Waals surface area (Å²) in [5, 5.41) is 5.22. The molecule has 8 heteroatoms. The van der Waals surface area contributed by atoms with E-state index in [0.717, 1.165) is 19.6 Å².